The fraction of sp³-hybridized carbons (Fsp3) is 1.00. The molecule has 0 saturated heterocycles. The maximum Gasteiger partial charge on any atom is 0.101 e. The Morgan fingerprint density at radius 3 is 0.900 bits per heavy atom. The average molecular weight is 201 g/mol. The predicted octanol–water partition coefficient (Wildman–Crippen LogP) is 3.01. The van der Waals surface area contributed by atoms with Crippen LogP contribution < -0.4 is 0 Å². The van der Waals surface area contributed by atoms with Gasteiger partial charge in [-0.05, 0) is 0 Å². The van der Waals surface area contributed by atoms with Gasteiger partial charge in [-0.15, -0.1) is 0 Å². The maximum atomic E-state index is 2.43. The van der Waals surface area contributed by atoms with Crippen molar-refractivity contribution < 1.29 is 0 Å². The number of hydrogen-bond acceptors (Lipinski definition) is 1. The van der Waals surface area contributed by atoms with E-state index in [1.54, 1.807) is 0 Å². The smallest absolute Gasteiger partial charge is 0.101 e. The van der Waals surface area contributed by atoms with Crippen LogP contribution in [0, 0.1) is 0 Å². The van der Waals surface area contributed by atoms with Crippen LogP contribution in [-0.4, -0.2) is 44.0 Å². The second kappa shape index (κ2) is 4.72. The van der Waals surface area contributed by atoms with Crippen molar-refractivity contribution in [2.24, 2.45) is 0 Å². The van der Waals surface area contributed by atoms with E-state index in [-0.39, 0.29) is 29.6 Å². The molecule has 0 aromatic carbocycles. The molecule has 0 atom stereocenters. The molecular formula is C6H18NaSSi2. The van der Waals surface area contributed by atoms with Crippen LogP contribution in [0.4, 0.5) is 0 Å². The molecule has 0 N–H and O–H groups in total. The van der Waals surface area contributed by atoms with E-state index in [4.69, 9.17) is 0 Å². The van der Waals surface area contributed by atoms with Crippen molar-refractivity contribution >= 4 is 54.7 Å². The molecule has 0 bridgehead atoms. The van der Waals surface area contributed by atoms with E-state index in [0.29, 0.717) is 0 Å². The summed E-state index contributed by atoms with van der Waals surface area (Å²) in [6, 6.07) is 0. The molecule has 4 heteroatoms. The van der Waals surface area contributed by atoms with Crippen LogP contribution in [0.5, 0.6) is 0 Å². The first-order chi connectivity index (χ1) is 3.71. The Labute approximate surface area is 93.1 Å². The van der Waals surface area contributed by atoms with Crippen LogP contribution in [0.1, 0.15) is 0 Å². The topological polar surface area (TPSA) is 0 Å². The van der Waals surface area contributed by atoms with Gasteiger partial charge in [0.15, 0.2) is 0 Å². The van der Waals surface area contributed by atoms with Crippen LogP contribution in [0.25, 0.3) is 0 Å². The van der Waals surface area contributed by atoms with Crippen molar-refractivity contribution in [1.82, 2.24) is 0 Å². The Morgan fingerprint density at radius 2 is 0.900 bits per heavy atom. The summed E-state index contributed by atoms with van der Waals surface area (Å²) >= 11 is 0. The van der Waals surface area contributed by atoms with Gasteiger partial charge in [0.1, 0.15) is 14.4 Å². The Balaban J connectivity index is 0. The summed E-state index contributed by atoms with van der Waals surface area (Å²) in [7, 11) is 0.663. The van der Waals surface area contributed by atoms with E-state index in [1.807, 2.05) is 0 Å². The van der Waals surface area contributed by atoms with Gasteiger partial charge in [0.2, 0.25) is 0 Å². The monoisotopic (exact) mass is 201 g/mol. The fourth-order valence-corrected chi connectivity index (χ4v) is 24.8. The van der Waals surface area contributed by atoms with E-state index < -0.39 is 14.4 Å². The molecule has 0 heterocycles. The van der Waals surface area contributed by atoms with Gasteiger partial charge in [-0.3, -0.25) is 0 Å². The van der Waals surface area contributed by atoms with Crippen LogP contribution in [0.3, 0.4) is 0 Å². The Bertz CT molecular complexity index is 80.9. The van der Waals surface area contributed by atoms with Crippen LogP contribution in [0.2, 0.25) is 39.3 Å². The first-order valence-electron chi connectivity index (χ1n) is 3.41. The largest absolute Gasteiger partial charge is 0.206 e. The SMILES string of the molecule is C[Si](C)(C)S[Si](C)(C)C.[Na]. The summed E-state index contributed by atoms with van der Waals surface area (Å²) in [6.07, 6.45) is 0. The molecule has 1 radical (unpaired) electrons. The molecule has 0 nitrogen and oxygen atoms in total. The van der Waals surface area contributed by atoms with E-state index >= 15 is 0 Å². The summed E-state index contributed by atoms with van der Waals surface area (Å²) in [6.45, 7) is 14.6. The van der Waals surface area contributed by atoms with E-state index in [9.17, 15) is 0 Å². The zero-order valence-electron chi connectivity index (χ0n) is 8.41. The summed E-state index contributed by atoms with van der Waals surface area (Å²) in [5, 5.41) is 0. The van der Waals surface area contributed by atoms with Gasteiger partial charge >= 0.3 is 0 Å². The predicted molar refractivity (Wildman–Crippen MR) is 60.0 cm³/mol. The van der Waals surface area contributed by atoms with Crippen molar-refractivity contribution in [2.75, 3.05) is 0 Å². The van der Waals surface area contributed by atoms with Crippen molar-refractivity contribution in [3.63, 3.8) is 0 Å². The maximum absolute atomic E-state index is 2.43. The molecule has 0 aromatic heterocycles. The molecule has 0 rings (SSSR count). The molecule has 0 aliphatic carbocycles. The molecule has 10 heavy (non-hydrogen) atoms. The molecule has 0 saturated carbocycles. The number of hydrogen-bond donors (Lipinski definition) is 0. The molecule has 0 aromatic rings. The second-order valence-corrected chi connectivity index (χ2v) is 22.8. The van der Waals surface area contributed by atoms with Gasteiger partial charge in [-0.2, -0.15) is 0 Å². The van der Waals surface area contributed by atoms with Gasteiger partial charge < -0.3 is 0 Å². The molecule has 0 unspecified atom stereocenters. The first kappa shape index (κ1) is 14.3. The van der Waals surface area contributed by atoms with Crippen molar-refractivity contribution in [3.05, 3.63) is 0 Å². The number of rotatable bonds is 2. The van der Waals surface area contributed by atoms with Crippen LogP contribution in [0.15, 0.2) is 0 Å². The van der Waals surface area contributed by atoms with E-state index in [2.05, 4.69) is 49.9 Å². The normalized spacial score (nSPS) is 12.6. The van der Waals surface area contributed by atoms with Crippen molar-refractivity contribution in [1.29, 1.82) is 0 Å². The zero-order chi connectivity index (χ0) is 7.71. The first-order valence-corrected chi connectivity index (χ1v) is 12.7. The van der Waals surface area contributed by atoms with Crippen molar-refractivity contribution in [2.45, 2.75) is 39.3 Å². The van der Waals surface area contributed by atoms with E-state index in [1.165, 1.54) is 0 Å². The Hall–Kier alpha value is 1.78. The van der Waals surface area contributed by atoms with Gasteiger partial charge in [-0.25, -0.2) is 10.7 Å². The van der Waals surface area contributed by atoms with Gasteiger partial charge in [0, 0.05) is 29.6 Å². The van der Waals surface area contributed by atoms with Crippen LogP contribution >= 0.6 is 10.7 Å². The van der Waals surface area contributed by atoms with Gasteiger partial charge in [0.25, 0.3) is 0 Å². The standard InChI is InChI=1S/C6H18SSi2.Na/c1-8(2,3)7-9(4,5)6;/h1-6H3;. The summed E-state index contributed by atoms with van der Waals surface area (Å²) in [5.74, 6) is 0. The third kappa shape index (κ3) is 12.5. The summed E-state index contributed by atoms with van der Waals surface area (Å²) in [5.41, 5.74) is 0. The third-order valence-corrected chi connectivity index (χ3v) is 16.5. The molecule has 0 spiro atoms. The van der Waals surface area contributed by atoms with Gasteiger partial charge in [-0.1, -0.05) is 39.3 Å². The third-order valence-electron chi connectivity index (χ3n) is 0.612. The minimum absolute atomic E-state index is 0. The average Bonchev–Trinajstić information content (AvgIpc) is 1.14. The van der Waals surface area contributed by atoms with Crippen LogP contribution in [-0.2, 0) is 0 Å². The Kier molecular flexibility index (Phi) is 6.76. The fourth-order valence-electron chi connectivity index (χ4n) is 0.919. The minimum atomic E-state index is -0.814. The summed E-state index contributed by atoms with van der Waals surface area (Å²) < 4.78 is 0. The molecule has 0 amide bonds. The quantitative estimate of drug-likeness (QED) is 0.619. The molecule has 57 valence electrons. The minimum Gasteiger partial charge on any atom is -0.206 e. The summed E-state index contributed by atoms with van der Waals surface area (Å²) in [4.78, 5) is 0. The second-order valence-electron chi connectivity index (χ2n) is 4.33. The zero-order valence-corrected chi connectivity index (χ0v) is 13.2. The molecule has 0 fully saturated rings. The van der Waals surface area contributed by atoms with E-state index in [0.717, 1.165) is 0 Å². The van der Waals surface area contributed by atoms with Crippen molar-refractivity contribution in [3.8, 4) is 0 Å². The molecule has 0 aliphatic heterocycles. The Morgan fingerprint density at radius 1 is 0.700 bits per heavy atom. The molecular weight excluding hydrogens is 183 g/mol. The van der Waals surface area contributed by atoms with Gasteiger partial charge in [0.05, 0.1) is 0 Å². The molecule has 0 aliphatic rings.